The number of hydrogen-bond acceptors (Lipinski definition) is 2. The molecule has 0 unspecified atom stereocenters. The van der Waals surface area contributed by atoms with E-state index >= 15 is 0 Å². The van der Waals surface area contributed by atoms with Crippen molar-refractivity contribution in [2.75, 3.05) is 18.4 Å². The van der Waals surface area contributed by atoms with Crippen LogP contribution >= 0.6 is 0 Å². The Labute approximate surface area is 129 Å². The molecule has 1 amide bonds. The SMILES string of the molecule is O=C(Nc1ccc(F)cc1)c1cccc(C2CCNCC2)c1. The Morgan fingerprint density at radius 1 is 1.09 bits per heavy atom. The number of carbonyl (C=O) groups excluding carboxylic acids is 1. The Balaban J connectivity index is 1.73. The molecule has 0 aromatic heterocycles. The first kappa shape index (κ1) is 14.7. The van der Waals surface area contributed by atoms with Gasteiger partial charge in [0.15, 0.2) is 0 Å². The van der Waals surface area contributed by atoms with Gasteiger partial charge < -0.3 is 10.6 Å². The van der Waals surface area contributed by atoms with E-state index in [1.54, 1.807) is 12.1 Å². The minimum Gasteiger partial charge on any atom is -0.322 e. The van der Waals surface area contributed by atoms with Gasteiger partial charge in [0.25, 0.3) is 5.91 Å². The number of rotatable bonds is 3. The summed E-state index contributed by atoms with van der Waals surface area (Å²) in [5.74, 6) is 0.0353. The van der Waals surface area contributed by atoms with Crippen molar-refractivity contribution in [1.29, 1.82) is 0 Å². The molecule has 1 aliphatic heterocycles. The number of piperidine rings is 1. The molecule has 2 aromatic rings. The second-order valence-electron chi connectivity index (χ2n) is 5.61. The summed E-state index contributed by atoms with van der Waals surface area (Å²) in [6.45, 7) is 2.05. The van der Waals surface area contributed by atoms with Gasteiger partial charge in [-0.15, -0.1) is 0 Å². The fraction of sp³-hybridized carbons (Fsp3) is 0.278. The maximum Gasteiger partial charge on any atom is 0.255 e. The third-order valence-electron chi connectivity index (χ3n) is 4.06. The molecule has 22 heavy (non-hydrogen) atoms. The molecule has 2 aromatic carbocycles. The van der Waals surface area contributed by atoms with Gasteiger partial charge in [-0.05, 0) is 73.8 Å². The number of anilines is 1. The molecule has 3 nitrogen and oxygen atoms in total. The van der Waals surface area contributed by atoms with Gasteiger partial charge in [-0.2, -0.15) is 0 Å². The summed E-state index contributed by atoms with van der Waals surface area (Å²) in [6, 6.07) is 13.6. The molecule has 114 valence electrons. The molecule has 1 heterocycles. The molecule has 0 atom stereocenters. The maximum absolute atomic E-state index is 12.9. The number of benzene rings is 2. The van der Waals surface area contributed by atoms with E-state index < -0.39 is 0 Å². The molecule has 3 rings (SSSR count). The predicted molar refractivity (Wildman–Crippen MR) is 85.6 cm³/mol. The fourth-order valence-electron chi connectivity index (χ4n) is 2.83. The highest BCUT2D eigenvalue weighted by atomic mass is 19.1. The van der Waals surface area contributed by atoms with Crippen LogP contribution in [0.2, 0.25) is 0 Å². The van der Waals surface area contributed by atoms with Gasteiger partial charge >= 0.3 is 0 Å². The van der Waals surface area contributed by atoms with Crippen molar-refractivity contribution >= 4 is 11.6 Å². The minimum atomic E-state index is -0.314. The molecule has 1 fully saturated rings. The molecule has 2 N–H and O–H groups in total. The standard InChI is InChI=1S/C18H19FN2O/c19-16-4-6-17(7-5-16)21-18(22)15-3-1-2-14(12-15)13-8-10-20-11-9-13/h1-7,12-13,20H,8-11H2,(H,21,22). The summed E-state index contributed by atoms with van der Waals surface area (Å²) in [4.78, 5) is 12.3. The number of carbonyl (C=O) groups is 1. The van der Waals surface area contributed by atoms with Crippen LogP contribution in [-0.4, -0.2) is 19.0 Å². The van der Waals surface area contributed by atoms with Crippen molar-refractivity contribution < 1.29 is 9.18 Å². The van der Waals surface area contributed by atoms with Crippen LogP contribution < -0.4 is 10.6 Å². The maximum atomic E-state index is 12.9. The lowest BCUT2D eigenvalue weighted by molar-refractivity contribution is 0.102. The van der Waals surface area contributed by atoms with Crippen LogP contribution in [0.5, 0.6) is 0 Å². The molecule has 0 aliphatic carbocycles. The monoisotopic (exact) mass is 298 g/mol. The second kappa shape index (κ2) is 6.71. The van der Waals surface area contributed by atoms with E-state index in [1.807, 2.05) is 18.2 Å². The van der Waals surface area contributed by atoms with Crippen LogP contribution in [0.15, 0.2) is 48.5 Å². The summed E-state index contributed by atoms with van der Waals surface area (Å²) in [5.41, 5.74) is 2.45. The van der Waals surface area contributed by atoms with E-state index in [0.717, 1.165) is 25.9 Å². The second-order valence-corrected chi connectivity index (χ2v) is 5.61. The van der Waals surface area contributed by atoms with Crippen molar-refractivity contribution in [3.8, 4) is 0 Å². The third kappa shape index (κ3) is 3.52. The van der Waals surface area contributed by atoms with E-state index in [-0.39, 0.29) is 11.7 Å². The molecule has 0 saturated carbocycles. The number of amides is 1. The van der Waals surface area contributed by atoms with Crippen molar-refractivity contribution in [1.82, 2.24) is 5.32 Å². The van der Waals surface area contributed by atoms with E-state index in [1.165, 1.54) is 17.7 Å². The van der Waals surface area contributed by atoms with Crippen molar-refractivity contribution in [3.63, 3.8) is 0 Å². The van der Waals surface area contributed by atoms with E-state index in [4.69, 9.17) is 0 Å². The zero-order valence-electron chi connectivity index (χ0n) is 12.3. The molecular weight excluding hydrogens is 279 g/mol. The average molecular weight is 298 g/mol. The minimum absolute atomic E-state index is 0.164. The molecule has 1 saturated heterocycles. The highest BCUT2D eigenvalue weighted by Gasteiger charge is 2.16. The van der Waals surface area contributed by atoms with Crippen LogP contribution in [0.3, 0.4) is 0 Å². The summed E-state index contributed by atoms with van der Waals surface area (Å²) < 4.78 is 12.9. The van der Waals surface area contributed by atoms with Gasteiger partial charge in [-0.25, -0.2) is 4.39 Å². The normalized spacial score (nSPS) is 15.5. The Morgan fingerprint density at radius 2 is 1.82 bits per heavy atom. The molecule has 0 bridgehead atoms. The number of nitrogens with one attached hydrogen (secondary N) is 2. The molecule has 0 spiro atoms. The number of halogens is 1. The number of hydrogen-bond donors (Lipinski definition) is 2. The third-order valence-corrected chi connectivity index (χ3v) is 4.06. The molecule has 0 radical (unpaired) electrons. The first-order valence-electron chi connectivity index (χ1n) is 7.60. The van der Waals surface area contributed by atoms with Gasteiger partial charge in [0.05, 0.1) is 0 Å². The average Bonchev–Trinajstić information content (AvgIpc) is 2.58. The van der Waals surface area contributed by atoms with Crippen molar-refractivity contribution in [3.05, 3.63) is 65.5 Å². The van der Waals surface area contributed by atoms with Gasteiger partial charge in [0.2, 0.25) is 0 Å². The first-order valence-corrected chi connectivity index (χ1v) is 7.60. The van der Waals surface area contributed by atoms with E-state index in [2.05, 4.69) is 16.7 Å². The lowest BCUT2D eigenvalue weighted by Gasteiger charge is -2.23. The first-order chi connectivity index (χ1) is 10.7. The van der Waals surface area contributed by atoms with Crippen LogP contribution in [0.1, 0.15) is 34.7 Å². The summed E-state index contributed by atoms with van der Waals surface area (Å²) in [7, 11) is 0. The van der Waals surface area contributed by atoms with Crippen LogP contribution in [0.25, 0.3) is 0 Å². The van der Waals surface area contributed by atoms with Crippen LogP contribution in [0, 0.1) is 5.82 Å². The molecule has 4 heteroatoms. The fourth-order valence-corrected chi connectivity index (χ4v) is 2.83. The zero-order valence-corrected chi connectivity index (χ0v) is 12.3. The smallest absolute Gasteiger partial charge is 0.255 e. The van der Waals surface area contributed by atoms with Gasteiger partial charge in [0, 0.05) is 11.3 Å². The molecule has 1 aliphatic rings. The lowest BCUT2D eigenvalue weighted by atomic mass is 9.89. The molecular formula is C18H19FN2O. The Kier molecular flexibility index (Phi) is 4.49. The van der Waals surface area contributed by atoms with Gasteiger partial charge in [-0.1, -0.05) is 12.1 Å². The predicted octanol–water partition coefficient (Wildman–Crippen LogP) is 3.55. The van der Waals surface area contributed by atoms with Crippen molar-refractivity contribution in [2.24, 2.45) is 0 Å². The zero-order chi connectivity index (χ0) is 15.4. The van der Waals surface area contributed by atoms with Crippen molar-refractivity contribution in [2.45, 2.75) is 18.8 Å². The Morgan fingerprint density at radius 3 is 2.55 bits per heavy atom. The Bertz CT molecular complexity index is 648. The summed E-state index contributed by atoms with van der Waals surface area (Å²) in [6.07, 6.45) is 2.20. The van der Waals surface area contributed by atoms with Gasteiger partial charge in [0.1, 0.15) is 5.82 Å². The Hall–Kier alpha value is -2.20. The summed E-state index contributed by atoms with van der Waals surface area (Å²) >= 11 is 0. The lowest BCUT2D eigenvalue weighted by Crippen LogP contribution is -2.26. The van der Waals surface area contributed by atoms with Gasteiger partial charge in [-0.3, -0.25) is 4.79 Å². The van der Waals surface area contributed by atoms with Crippen LogP contribution in [0.4, 0.5) is 10.1 Å². The highest BCUT2D eigenvalue weighted by Crippen LogP contribution is 2.26. The highest BCUT2D eigenvalue weighted by molar-refractivity contribution is 6.04. The van der Waals surface area contributed by atoms with E-state index in [0.29, 0.717) is 17.2 Å². The summed E-state index contributed by atoms with van der Waals surface area (Å²) in [5, 5.41) is 6.15. The van der Waals surface area contributed by atoms with E-state index in [9.17, 15) is 9.18 Å². The largest absolute Gasteiger partial charge is 0.322 e. The topological polar surface area (TPSA) is 41.1 Å². The quantitative estimate of drug-likeness (QED) is 0.910. The van der Waals surface area contributed by atoms with Crippen LogP contribution in [-0.2, 0) is 0 Å².